The van der Waals surface area contributed by atoms with Crippen molar-refractivity contribution in [2.75, 3.05) is 6.54 Å². The maximum atomic E-state index is 12.7. The molecule has 1 saturated heterocycles. The second-order valence-corrected chi connectivity index (χ2v) is 4.91. The topological polar surface area (TPSA) is 12.0 Å². The predicted octanol–water partition coefficient (Wildman–Crippen LogP) is 4.02. The quantitative estimate of drug-likeness (QED) is 0.813. The molecule has 1 aromatic rings. The summed E-state index contributed by atoms with van der Waals surface area (Å²) in [6.07, 6.45) is -7.74. The van der Waals surface area contributed by atoms with E-state index in [0.29, 0.717) is 0 Å². The van der Waals surface area contributed by atoms with Gasteiger partial charge in [0.05, 0.1) is 11.1 Å². The van der Waals surface area contributed by atoms with Crippen molar-refractivity contribution >= 4 is 0 Å². The Labute approximate surface area is 112 Å². The lowest BCUT2D eigenvalue weighted by Crippen LogP contribution is -2.24. The number of hydrogen-bond acceptors (Lipinski definition) is 1. The standard InChI is InChI=1S/C13H13F6N/c14-12(15,16)9-4-8(6-11-2-1-3-20-11)5-10(7-9)13(17,18)19/h4-5,7,11,20H,1-3,6H2. The minimum Gasteiger partial charge on any atom is -0.314 e. The van der Waals surface area contributed by atoms with Crippen LogP contribution in [0.25, 0.3) is 0 Å². The van der Waals surface area contributed by atoms with E-state index >= 15 is 0 Å². The number of nitrogens with one attached hydrogen (secondary N) is 1. The molecular weight excluding hydrogens is 284 g/mol. The number of rotatable bonds is 2. The van der Waals surface area contributed by atoms with Crippen LogP contribution in [0, 0.1) is 0 Å². The summed E-state index contributed by atoms with van der Waals surface area (Å²) in [4.78, 5) is 0. The van der Waals surface area contributed by atoms with E-state index in [1.54, 1.807) is 0 Å². The fraction of sp³-hybridized carbons (Fsp3) is 0.538. The first-order chi connectivity index (χ1) is 9.16. The summed E-state index contributed by atoms with van der Waals surface area (Å²) >= 11 is 0. The summed E-state index contributed by atoms with van der Waals surface area (Å²) < 4.78 is 76.0. The van der Waals surface area contributed by atoms with Gasteiger partial charge in [-0.3, -0.25) is 0 Å². The van der Waals surface area contributed by atoms with E-state index in [9.17, 15) is 26.3 Å². The van der Waals surface area contributed by atoms with E-state index in [0.717, 1.165) is 31.5 Å². The second kappa shape index (κ2) is 5.27. The third-order valence-corrected chi connectivity index (χ3v) is 3.29. The van der Waals surface area contributed by atoms with Crippen molar-refractivity contribution in [3.8, 4) is 0 Å². The molecule has 1 atom stereocenters. The van der Waals surface area contributed by atoms with Crippen molar-refractivity contribution in [2.45, 2.75) is 37.7 Å². The molecule has 1 aliphatic heterocycles. The van der Waals surface area contributed by atoms with Crippen molar-refractivity contribution in [2.24, 2.45) is 0 Å². The lowest BCUT2D eigenvalue weighted by Gasteiger charge is -2.16. The minimum atomic E-state index is -4.78. The molecule has 1 aliphatic rings. The van der Waals surface area contributed by atoms with Crippen molar-refractivity contribution in [3.63, 3.8) is 0 Å². The molecular formula is C13H13F6N. The van der Waals surface area contributed by atoms with Crippen LogP contribution in [0.15, 0.2) is 18.2 Å². The van der Waals surface area contributed by atoms with Crippen molar-refractivity contribution in [1.82, 2.24) is 5.32 Å². The van der Waals surface area contributed by atoms with E-state index in [2.05, 4.69) is 5.32 Å². The Balaban J connectivity index is 2.34. The van der Waals surface area contributed by atoms with Gasteiger partial charge in [-0.25, -0.2) is 0 Å². The van der Waals surface area contributed by atoms with Gasteiger partial charge >= 0.3 is 12.4 Å². The van der Waals surface area contributed by atoms with Gasteiger partial charge in [0, 0.05) is 6.04 Å². The zero-order valence-electron chi connectivity index (χ0n) is 10.4. The average Bonchev–Trinajstić information content (AvgIpc) is 2.79. The molecule has 0 radical (unpaired) electrons. The predicted molar refractivity (Wildman–Crippen MR) is 61.2 cm³/mol. The Morgan fingerprint density at radius 1 is 0.950 bits per heavy atom. The summed E-state index contributed by atoms with van der Waals surface area (Å²) in [7, 11) is 0. The van der Waals surface area contributed by atoms with Gasteiger partial charge < -0.3 is 5.32 Å². The smallest absolute Gasteiger partial charge is 0.314 e. The van der Waals surface area contributed by atoms with Crippen LogP contribution in [0.3, 0.4) is 0 Å². The van der Waals surface area contributed by atoms with E-state index in [1.165, 1.54) is 0 Å². The summed E-state index contributed by atoms with van der Waals surface area (Å²) in [6.45, 7) is 0.746. The van der Waals surface area contributed by atoms with Crippen LogP contribution in [0.4, 0.5) is 26.3 Å². The van der Waals surface area contributed by atoms with Gasteiger partial charge in [-0.15, -0.1) is 0 Å². The molecule has 7 heteroatoms. The maximum absolute atomic E-state index is 12.7. The van der Waals surface area contributed by atoms with Gasteiger partial charge in [0.2, 0.25) is 0 Å². The van der Waals surface area contributed by atoms with Crippen LogP contribution in [-0.4, -0.2) is 12.6 Å². The van der Waals surface area contributed by atoms with Crippen LogP contribution in [0.5, 0.6) is 0 Å². The first-order valence-electron chi connectivity index (χ1n) is 6.18. The number of benzene rings is 1. The average molecular weight is 297 g/mol. The van der Waals surface area contributed by atoms with E-state index in [4.69, 9.17) is 0 Å². The molecule has 1 N–H and O–H groups in total. The third-order valence-electron chi connectivity index (χ3n) is 3.29. The van der Waals surface area contributed by atoms with Gasteiger partial charge in [-0.05, 0) is 49.6 Å². The molecule has 2 rings (SSSR count). The highest BCUT2D eigenvalue weighted by Crippen LogP contribution is 2.36. The molecule has 0 amide bonds. The largest absolute Gasteiger partial charge is 0.416 e. The number of halogens is 6. The molecule has 20 heavy (non-hydrogen) atoms. The Morgan fingerprint density at radius 2 is 1.50 bits per heavy atom. The lowest BCUT2D eigenvalue weighted by atomic mass is 9.99. The van der Waals surface area contributed by atoms with Gasteiger partial charge in [0.1, 0.15) is 0 Å². The van der Waals surface area contributed by atoms with Crippen LogP contribution >= 0.6 is 0 Å². The molecule has 1 unspecified atom stereocenters. The Kier molecular flexibility index (Phi) is 4.00. The molecule has 1 fully saturated rings. The summed E-state index contributed by atoms with van der Waals surface area (Å²) in [6, 6.07) is 1.70. The van der Waals surface area contributed by atoms with Crippen LogP contribution in [0.2, 0.25) is 0 Å². The van der Waals surface area contributed by atoms with Crippen molar-refractivity contribution in [1.29, 1.82) is 0 Å². The van der Waals surface area contributed by atoms with Gasteiger partial charge in [-0.1, -0.05) is 0 Å². The first-order valence-corrected chi connectivity index (χ1v) is 6.18. The fourth-order valence-corrected chi connectivity index (χ4v) is 2.35. The first kappa shape index (κ1) is 15.2. The third kappa shape index (κ3) is 3.65. The maximum Gasteiger partial charge on any atom is 0.416 e. The van der Waals surface area contributed by atoms with E-state index in [1.807, 2.05) is 0 Å². The fourth-order valence-electron chi connectivity index (χ4n) is 2.35. The molecule has 0 aromatic heterocycles. The summed E-state index contributed by atoms with van der Waals surface area (Å²) in [5.74, 6) is 0. The van der Waals surface area contributed by atoms with Crippen LogP contribution in [-0.2, 0) is 18.8 Å². The molecule has 1 nitrogen and oxygen atoms in total. The molecule has 0 aliphatic carbocycles. The van der Waals surface area contributed by atoms with Gasteiger partial charge in [0.15, 0.2) is 0 Å². The minimum absolute atomic E-state index is 0.0560. The lowest BCUT2D eigenvalue weighted by molar-refractivity contribution is -0.143. The monoisotopic (exact) mass is 297 g/mol. The SMILES string of the molecule is FC(F)(F)c1cc(CC2CCCN2)cc(C(F)(F)F)c1. The van der Waals surface area contributed by atoms with E-state index < -0.39 is 23.5 Å². The molecule has 0 bridgehead atoms. The van der Waals surface area contributed by atoms with Crippen molar-refractivity contribution < 1.29 is 26.3 Å². The van der Waals surface area contributed by atoms with Crippen LogP contribution in [0.1, 0.15) is 29.5 Å². The van der Waals surface area contributed by atoms with Gasteiger partial charge in [-0.2, -0.15) is 26.3 Å². The molecule has 1 heterocycles. The van der Waals surface area contributed by atoms with Crippen LogP contribution < -0.4 is 5.32 Å². The molecule has 112 valence electrons. The second-order valence-electron chi connectivity index (χ2n) is 4.91. The number of alkyl halides is 6. The Morgan fingerprint density at radius 3 is 1.90 bits per heavy atom. The molecule has 0 saturated carbocycles. The van der Waals surface area contributed by atoms with Crippen molar-refractivity contribution in [3.05, 3.63) is 34.9 Å². The highest BCUT2D eigenvalue weighted by Gasteiger charge is 2.37. The summed E-state index contributed by atoms with van der Waals surface area (Å²) in [5, 5.41) is 3.06. The number of hydrogen-bond donors (Lipinski definition) is 1. The Hall–Kier alpha value is -1.24. The molecule has 1 aromatic carbocycles. The molecule has 0 spiro atoms. The zero-order chi connectivity index (χ0) is 15.0. The van der Waals surface area contributed by atoms with E-state index in [-0.39, 0.29) is 24.1 Å². The normalized spacial score (nSPS) is 20.4. The summed E-state index contributed by atoms with van der Waals surface area (Å²) in [5.41, 5.74) is -2.44. The zero-order valence-corrected chi connectivity index (χ0v) is 10.4. The Bertz CT molecular complexity index is 438. The highest BCUT2D eigenvalue weighted by molar-refractivity contribution is 5.34. The highest BCUT2D eigenvalue weighted by atomic mass is 19.4. The van der Waals surface area contributed by atoms with Gasteiger partial charge in [0.25, 0.3) is 0 Å².